The van der Waals surface area contributed by atoms with Crippen molar-refractivity contribution in [2.45, 2.75) is 6.42 Å². The van der Waals surface area contributed by atoms with Crippen LogP contribution in [-0.4, -0.2) is 18.1 Å². The van der Waals surface area contributed by atoms with E-state index in [4.69, 9.17) is 0 Å². The third-order valence-electron chi connectivity index (χ3n) is 1.45. The first-order chi connectivity index (χ1) is 6.11. The molecule has 0 amide bonds. The number of halogens is 1. The molecule has 1 N–H and O–H groups in total. The molecule has 1 rings (SSSR count). The quantitative estimate of drug-likeness (QED) is 0.621. The van der Waals surface area contributed by atoms with E-state index in [1.807, 2.05) is 0 Å². The van der Waals surface area contributed by atoms with Gasteiger partial charge in [-0.15, -0.1) is 0 Å². The smallest absolute Gasteiger partial charge is 0.309 e. The van der Waals surface area contributed by atoms with Gasteiger partial charge in [0.05, 0.1) is 18.1 Å². The molecule has 0 aliphatic carbocycles. The molecule has 0 aromatic carbocycles. The summed E-state index contributed by atoms with van der Waals surface area (Å²) in [6, 6.07) is 3.03. The molecule has 0 fully saturated rings. The van der Waals surface area contributed by atoms with E-state index in [9.17, 15) is 9.59 Å². The minimum atomic E-state index is -0.363. The average Bonchev–Trinajstić information content (AvgIpc) is 2.02. The van der Waals surface area contributed by atoms with Gasteiger partial charge in [0.15, 0.2) is 0 Å². The highest BCUT2D eigenvalue weighted by atomic mass is 79.9. The van der Waals surface area contributed by atoms with Crippen molar-refractivity contribution >= 4 is 21.9 Å². The lowest BCUT2D eigenvalue weighted by atomic mass is 10.2. The number of carbonyl (C=O) groups excluding carboxylic acids is 1. The molecule has 1 aromatic rings. The maximum Gasteiger partial charge on any atom is 0.309 e. The highest BCUT2D eigenvalue weighted by Crippen LogP contribution is 2.06. The number of esters is 1. The molecule has 0 unspecified atom stereocenters. The van der Waals surface area contributed by atoms with Gasteiger partial charge in [0, 0.05) is 6.07 Å². The van der Waals surface area contributed by atoms with Gasteiger partial charge in [0.1, 0.15) is 0 Å². The predicted molar refractivity (Wildman–Crippen MR) is 50.5 cm³/mol. The van der Waals surface area contributed by atoms with Crippen LogP contribution in [0.1, 0.15) is 5.56 Å². The summed E-state index contributed by atoms with van der Waals surface area (Å²) in [6.07, 6.45) is 0.110. The molecule has 1 heterocycles. The van der Waals surface area contributed by atoms with Crippen LogP contribution in [0.25, 0.3) is 0 Å². The van der Waals surface area contributed by atoms with Gasteiger partial charge in [-0.25, -0.2) is 0 Å². The number of methoxy groups -OCH3 is 1. The van der Waals surface area contributed by atoms with Crippen molar-refractivity contribution in [1.29, 1.82) is 0 Å². The first-order valence-electron chi connectivity index (χ1n) is 3.57. The number of pyridine rings is 1. The van der Waals surface area contributed by atoms with Gasteiger partial charge in [-0.3, -0.25) is 9.59 Å². The first-order valence-corrected chi connectivity index (χ1v) is 4.36. The van der Waals surface area contributed by atoms with Gasteiger partial charge in [0.25, 0.3) is 0 Å². The summed E-state index contributed by atoms with van der Waals surface area (Å²) >= 11 is 3.12. The molecule has 0 saturated carbocycles. The fraction of sp³-hybridized carbons (Fsp3) is 0.250. The van der Waals surface area contributed by atoms with E-state index in [1.165, 1.54) is 13.2 Å². The summed E-state index contributed by atoms with van der Waals surface area (Å²) in [6.45, 7) is 0. The second kappa shape index (κ2) is 4.23. The zero-order valence-corrected chi connectivity index (χ0v) is 8.55. The SMILES string of the molecule is COC(=O)Cc1cc(Br)[nH]c(=O)c1. The number of nitrogens with one attached hydrogen (secondary N) is 1. The van der Waals surface area contributed by atoms with Gasteiger partial charge in [-0.1, -0.05) is 0 Å². The Hall–Kier alpha value is -1.10. The molecule has 0 bridgehead atoms. The van der Waals surface area contributed by atoms with Crippen molar-refractivity contribution in [3.05, 3.63) is 32.7 Å². The molecule has 4 nitrogen and oxygen atoms in total. The van der Waals surface area contributed by atoms with E-state index in [2.05, 4.69) is 25.7 Å². The second-order valence-corrected chi connectivity index (χ2v) is 3.31. The number of hydrogen-bond donors (Lipinski definition) is 1. The number of aromatic amines is 1. The van der Waals surface area contributed by atoms with Gasteiger partial charge < -0.3 is 9.72 Å². The number of rotatable bonds is 2. The van der Waals surface area contributed by atoms with Crippen LogP contribution < -0.4 is 5.56 Å². The number of carbonyl (C=O) groups is 1. The molecule has 0 atom stereocenters. The van der Waals surface area contributed by atoms with Crippen molar-refractivity contribution in [3.63, 3.8) is 0 Å². The van der Waals surface area contributed by atoms with E-state index in [0.29, 0.717) is 10.2 Å². The Morgan fingerprint density at radius 1 is 1.62 bits per heavy atom. The number of hydrogen-bond acceptors (Lipinski definition) is 3. The first kappa shape index (κ1) is 9.98. The van der Waals surface area contributed by atoms with Gasteiger partial charge >= 0.3 is 5.97 Å². The molecule has 5 heteroatoms. The second-order valence-electron chi connectivity index (χ2n) is 2.45. The van der Waals surface area contributed by atoms with Crippen LogP contribution in [0.3, 0.4) is 0 Å². The molecule has 13 heavy (non-hydrogen) atoms. The van der Waals surface area contributed by atoms with Crippen molar-refractivity contribution in [3.8, 4) is 0 Å². The standard InChI is InChI=1S/C8H8BrNO3/c1-13-8(12)4-5-2-6(9)10-7(11)3-5/h2-3H,4H2,1H3,(H,10,11). The molecule has 1 aromatic heterocycles. The Morgan fingerprint density at radius 2 is 2.31 bits per heavy atom. The Bertz CT molecular complexity index is 372. The highest BCUT2D eigenvalue weighted by Gasteiger charge is 2.03. The summed E-state index contributed by atoms with van der Waals surface area (Å²) in [5.41, 5.74) is 0.385. The molecule has 0 saturated heterocycles. The monoisotopic (exact) mass is 245 g/mol. The van der Waals surface area contributed by atoms with E-state index in [-0.39, 0.29) is 17.9 Å². The van der Waals surface area contributed by atoms with E-state index < -0.39 is 0 Å². The van der Waals surface area contributed by atoms with Crippen LogP contribution in [0.5, 0.6) is 0 Å². The van der Waals surface area contributed by atoms with Crippen molar-refractivity contribution in [2.75, 3.05) is 7.11 Å². The highest BCUT2D eigenvalue weighted by molar-refractivity contribution is 9.10. The third-order valence-corrected chi connectivity index (χ3v) is 1.87. The summed E-state index contributed by atoms with van der Waals surface area (Å²) in [7, 11) is 1.31. The Morgan fingerprint density at radius 3 is 2.85 bits per heavy atom. The Kier molecular flexibility index (Phi) is 3.25. The topological polar surface area (TPSA) is 59.2 Å². The lowest BCUT2D eigenvalue weighted by Crippen LogP contribution is -2.10. The van der Waals surface area contributed by atoms with Crippen LogP contribution >= 0.6 is 15.9 Å². The number of H-pyrrole nitrogens is 1. The summed E-state index contributed by atoms with van der Waals surface area (Å²) in [4.78, 5) is 24.3. The zero-order valence-electron chi connectivity index (χ0n) is 6.96. The van der Waals surface area contributed by atoms with Gasteiger partial charge in [0.2, 0.25) is 5.56 Å². The van der Waals surface area contributed by atoms with Crippen LogP contribution in [0.4, 0.5) is 0 Å². The average molecular weight is 246 g/mol. The molecular formula is C8H8BrNO3. The van der Waals surface area contributed by atoms with E-state index in [1.54, 1.807) is 6.07 Å². The fourth-order valence-electron chi connectivity index (χ4n) is 0.904. The van der Waals surface area contributed by atoms with Crippen LogP contribution in [0.15, 0.2) is 21.5 Å². The lowest BCUT2D eigenvalue weighted by molar-refractivity contribution is -0.139. The minimum Gasteiger partial charge on any atom is -0.469 e. The van der Waals surface area contributed by atoms with Crippen LogP contribution in [0, 0.1) is 0 Å². The Labute approximate surface area is 83.1 Å². The maximum atomic E-state index is 10.9. The molecule has 0 aliphatic rings. The molecule has 0 aliphatic heterocycles. The van der Waals surface area contributed by atoms with E-state index in [0.717, 1.165) is 0 Å². The summed E-state index contributed by atoms with van der Waals surface area (Å²) in [5.74, 6) is -0.363. The fourth-order valence-corrected chi connectivity index (χ4v) is 1.39. The van der Waals surface area contributed by atoms with E-state index >= 15 is 0 Å². The molecular weight excluding hydrogens is 238 g/mol. The zero-order chi connectivity index (χ0) is 9.84. The third kappa shape index (κ3) is 3.02. The predicted octanol–water partition coefficient (Wildman–Crippen LogP) is 0.853. The van der Waals surface area contributed by atoms with Crippen molar-refractivity contribution < 1.29 is 9.53 Å². The molecule has 0 spiro atoms. The Balaban J connectivity index is 2.89. The molecule has 70 valence electrons. The van der Waals surface area contributed by atoms with Crippen molar-refractivity contribution in [2.24, 2.45) is 0 Å². The summed E-state index contributed by atoms with van der Waals surface area (Å²) in [5, 5.41) is 0. The van der Waals surface area contributed by atoms with Crippen LogP contribution in [0.2, 0.25) is 0 Å². The maximum absolute atomic E-state index is 10.9. The van der Waals surface area contributed by atoms with Crippen molar-refractivity contribution in [1.82, 2.24) is 4.98 Å². The minimum absolute atomic E-state index is 0.110. The summed E-state index contributed by atoms with van der Waals surface area (Å²) < 4.78 is 5.02. The number of ether oxygens (including phenoxy) is 1. The van der Waals surface area contributed by atoms with Gasteiger partial charge in [-0.2, -0.15) is 0 Å². The van der Waals surface area contributed by atoms with Crippen LogP contribution in [-0.2, 0) is 16.0 Å². The lowest BCUT2D eigenvalue weighted by Gasteiger charge is -1.99. The van der Waals surface area contributed by atoms with Gasteiger partial charge in [-0.05, 0) is 27.6 Å². The number of aromatic nitrogens is 1. The largest absolute Gasteiger partial charge is 0.469 e. The normalized spacial score (nSPS) is 9.69. The molecule has 0 radical (unpaired) electrons.